The number of aromatic nitrogens is 3. The van der Waals surface area contributed by atoms with Gasteiger partial charge in [-0.3, -0.25) is 0 Å². The Kier molecular flexibility index (Phi) is 2.48. The van der Waals surface area contributed by atoms with Crippen molar-refractivity contribution in [3.05, 3.63) is 18.0 Å². The molecule has 1 saturated heterocycles. The number of aromatic amines is 1. The van der Waals surface area contributed by atoms with Gasteiger partial charge in [0.2, 0.25) is 0 Å². The smallest absolute Gasteiger partial charge is 0.179 e. The summed E-state index contributed by atoms with van der Waals surface area (Å²) in [5, 5.41) is 6.42. The number of imidazole rings is 1. The molecule has 5 heteroatoms. The Labute approximate surface area is 100 Å². The summed E-state index contributed by atoms with van der Waals surface area (Å²) in [4.78, 5) is 12.4. The molecule has 5 nitrogen and oxygen atoms in total. The standard InChI is InChI=1S/C12H17N5/c1-7-5-14-6-8(7)11-15-9-3-4-10(13-2)16-12(9)17-11/h3-4,7-8,14H,5-6H2,1-2H3,(H2,13,15,16,17)/t7-,8-/m1/s1. The van der Waals surface area contributed by atoms with Crippen LogP contribution in [-0.2, 0) is 0 Å². The van der Waals surface area contributed by atoms with Crippen LogP contribution in [0.15, 0.2) is 12.1 Å². The number of pyridine rings is 1. The number of hydrogen-bond acceptors (Lipinski definition) is 4. The highest BCUT2D eigenvalue weighted by Crippen LogP contribution is 2.27. The van der Waals surface area contributed by atoms with Gasteiger partial charge < -0.3 is 15.6 Å². The van der Waals surface area contributed by atoms with Gasteiger partial charge in [0.05, 0.1) is 5.52 Å². The average Bonchev–Trinajstić information content (AvgIpc) is 2.93. The number of anilines is 1. The molecule has 3 rings (SSSR count). The van der Waals surface area contributed by atoms with E-state index in [4.69, 9.17) is 0 Å². The zero-order valence-corrected chi connectivity index (χ0v) is 10.1. The fourth-order valence-electron chi connectivity index (χ4n) is 2.40. The molecular formula is C12H17N5. The molecule has 1 aliphatic heterocycles. The monoisotopic (exact) mass is 231 g/mol. The fourth-order valence-corrected chi connectivity index (χ4v) is 2.40. The van der Waals surface area contributed by atoms with E-state index >= 15 is 0 Å². The Morgan fingerprint density at radius 1 is 1.29 bits per heavy atom. The molecular weight excluding hydrogens is 214 g/mol. The molecule has 0 spiro atoms. The second-order valence-electron chi connectivity index (χ2n) is 4.68. The number of H-pyrrole nitrogens is 1. The highest BCUT2D eigenvalue weighted by atomic mass is 15.1. The van der Waals surface area contributed by atoms with Crippen LogP contribution in [0.4, 0.5) is 5.82 Å². The molecule has 1 fully saturated rings. The zero-order valence-electron chi connectivity index (χ0n) is 10.1. The van der Waals surface area contributed by atoms with Crippen LogP contribution >= 0.6 is 0 Å². The SMILES string of the molecule is CNc1ccc2[nH]c([C@@H]3CNC[C@H]3C)nc2n1. The first-order valence-corrected chi connectivity index (χ1v) is 6.03. The van der Waals surface area contributed by atoms with Crippen molar-refractivity contribution in [2.24, 2.45) is 5.92 Å². The quantitative estimate of drug-likeness (QED) is 0.729. The molecule has 0 aromatic carbocycles. The summed E-state index contributed by atoms with van der Waals surface area (Å²) >= 11 is 0. The molecule has 2 aromatic heterocycles. The Hall–Kier alpha value is -1.62. The van der Waals surface area contributed by atoms with E-state index in [1.165, 1.54) is 0 Å². The topological polar surface area (TPSA) is 65.6 Å². The van der Waals surface area contributed by atoms with E-state index < -0.39 is 0 Å². The van der Waals surface area contributed by atoms with Gasteiger partial charge in [0.1, 0.15) is 11.6 Å². The van der Waals surface area contributed by atoms with Crippen molar-refractivity contribution < 1.29 is 0 Å². The van der Waals surface area contributed by atoms with Gasteiger partial charge in [-0.15, -0.1) is 0 Å². The third-order valence-electron chi connectivity index (χ3n) is 3.49. The van der Waals surface area contributed by atoms with Crippen molar-refractivity contribution in [2.45, 2.75) is 12.8 Å². The van der Waals surface area contributed by atoms with Crippen molar-refractivity contribution in [2.75, 3.05) is 25.5 Å². The fraction of sp³-hybridized carbons (Fsp3) is 0.500. The normalized spacial score (nSPS) is 24.4. The van der Waals surface area contributed by atoms with E-state index in [9.17, 15) is 0 Å². The van der Waals surface area contributed by atoms with E-state index in [0.29, 0.717) is 11.8 Å². The highest BCUT2D eigenvalue weighted by molar-refractivity contribution is 5.73. The Balaban J connectivity index is 2.01. The lowest BCUT2D eigenvalue weighted by Crippen LogP contribution is -2.09. The minimum atomic E-state index is 0.474. The zero-order chi connectivity index (χ0) is 11.8. The molecule has 2 aromatic rings. The maximum Gasteiger partial charge on any atom is 0.179 e. The molecule has 0 radical (unpaired) electrons. The molecule has 17 heavy (non-hydrogen) atoms. The molecule has 0 saturated carbocycles. The Bertz CT molecular complexity index is 533. The first-order chi connectivity index (χ1) is 8.28. The molecule has 1 aliphatic rings. The maximum absolute atomic E-state index is 4.61. The summed E-state index contributed by atoms with van der Waals surface area (Å²) in [5.74, 6) is 3.01. The van der Waals surface area contributed by atoms with Crippen molar-refractivity contribution in [1.82, 2.24) is 20.3 Å². The predicted octanol–water partition coefficient (Wildman–Crippen LogP) is 1.32. The largest absolute Gasteiger partial charge is 0.373 e. The molecule has 0 amide bonds. The molecule has 2 atom stereocenters. The lowest BCUT2D eigenvalue weighted by molar-refractivity contribution is 0.551. The first-order valence-electron chi connectivity index (χ1n) is 6.03. The summed E-state index contributed by atoms with van der Waals surface area (Å²) < 4.78 is 0. The summed E-state index contributed by atoms with van der Waals surface area (Å²) in [5.41, 5.74) is 1.81. The van der Waals surface area contributed by atoms with Crippen LogP contribution in [0.3, 0.4) is 0 Å². The van der Waals surface area contributed by atoms with E-state index in [1.807, 2.05) is 19.2 Å². The second-order valence-corrected chi connectivity index (χ2v) is 4.68. The lowest BCUT2D eigenvalue weighted by Gasteiger charge is -2.09. The van der Waals surface area contributed by atoms with Gasteiger partial charge in [-0.25, -0.2) is 9.97 Å². The number of rotatable bonds is 2. The van der Waals surface area contributed by atoms with Crippen molar-refractivity contribution in [3.63, 3.8) is 0 Å². The molecule has 3 heterocycles. The second kappa shape index (κ2) is 4.00. The van der Waals surface area contributed by atoms with Crippen molar-refractivity contribution in [3.8, 4) is 0 Å². The first kappa shape index (κ1) is 10.5. The number of nitrogens with one attached hydrogen (secondary N) is 3. The number of hydrogen-bond donors (Lipinski definition) is 3. The van der Waals surface area contributed by atoms with Gasteiger partial charge in [0, 0.05) is 19.5 Å². The lowest BCUT2D eigenvalue weighted by atomic mass is 9.98. The Morgan fingerprint density at radius 3 is 2.88 bits per heavy atom. The van der Waals surface area contributed by atoms with Crippen LogP contribution in [0.25, 0.3) is 11.2 Å². The summed E-state index contributed by atoms with van der Waals surface area (Å²) in [6.45, 7) is 4.32. The summed E-state index contributed by atoms with van der Waals surface area (Å²) in [7, 11) is 1.87. The van der Waals surface area contributed by atoms with Gasteiger partial charge in [-0.1, -0.05) is 6.92 Å². The molecule has 90 valence electrons. The van der Waals surface area contributed by atoms with Gasteiger partial charge in [-0.05, 0) is 24.6 Å². The van der Waals surface area contributed by atoms with Crippen molar-refractivity contribution in [1.29, 1.82) is 0 Å². The molecule has 3 N–H and O–H groups in total. The van der Waals surface area contributed by atoms with E-state index in [-0.39, 0.29) is 0 Å². The van der Waals surface area contributed by atoms with E-state index in [0.717, 1.165) is 35.9 Å². The van der Waals surface area contributed by atoms with Crippen LogP contribution < -0.4 is 10.6 Å². The minimum Gasteiger partial charge on any atom is -0.373 e. The molecule has 0 aliphatic carbocycles. The van der Waals surface area contributed by atoms with Crippen LogP contribution in [0.2, 0.25) is 0 Å². The number of nitrogens with zero attached hydrogens (tertiary/aromatic N) is 2. The average molecular weight is 231 g/mol. The van der Waals surface area contributed by atoms with Gasteiger partial charge in [0.15, 0.2) is 5.65 Å². The molecule has 0 unspecified atom stereocenters. The van der Waals surface area contributed by atoms with Crippen LogP contribution in [-0.4, -0.2) is 35.1 Å². The van der Waals surface area contributed by atoms with Crippen molar-refractivity contribution >= 4 is 17.0 Å². The van der Waals surface area contributed by atoms with Gasteiger partial charge >= 0.3 is 0 Å². The molecule has 0 bridgehead atoms. The Morgan fingerprint density at radius 2 is 2.18 bits per heavy atom. The van der Waals surface area contributed by atoms with Gasteiger partial charge in [-0.2, -0.15) is 0 Å². The van der Waals surface area contributed by atoms with Crippen LogP contribution in [0.5, 0.6) is 0 Å². The summed E-state index contributed by atoms with van der Waals surface area (Å²) in [6, 6.07) is 3.98. The minimum absolute atomic E-state index is 0.474. The third kappa shape index (κ3) is 1.76. The highest BCUT2D eigenvalue weighted by Gasteiger charge is 2.27. The van der Waals surface area contributed by atoms with Gasteiger partial charge in [0.25, 0.3) is 0 Å². The van der Waals surface area contributed by atoms with Crippen LogP contribution in [0.1, 0.15) is 18.7 Å². The summed E-state index contributed by atoms with van der Waals surface area (Å²) in [6.07, 6.45) is 0. The van der Waals surface area contributed by atoms with Crippen LogP contribution in [0, 0.1) is 5.92 Å². The number of fused-ring (bicyclic) bond motifs is 1. The van der Waals surface area contributed by atoms with E-state index in [2.05, 4.69) is 32.5 Å². The predicted molar refractivity (Wildman–Crippen MR) is 68.2 cm³/mol. The van der Waals surface area contributed by atoms with E-state index in [1.54, 1.807) is 0 Å². The third-order valence-corrected chi connectivity index (χ3v) is 3.49. The maximum atomic E-state index is 4.61.